The van der Waals surface area contributed by atoms with Gasteiger partial charge in [-0.3, -0.25) is 0 Å². The van der Waals surface area contributed by atoms with Gasteiger partial charge in [-0.15, -0.1) is 0 Å². The Morgan fingerprint density at radius 1 is 1.47 bits per heavy atom. The third kappa shape index (κ3) is 2.79. The number of halogens is 1. The lowest BCUT2D eigenvalue weighted by Gasteiger charge is -2.12. The van der Waals surface area contributed by atoms with Crippen LogP contribution in [0.5, 0.6) is 0 Å². The number of para-hydroxylation sites is 1. The lowest BCUT2D eigenvalue weighted by molar-refractivity contribution is 0.446. The summed E-state index contributed by atoms with van der Waals surface area (Å²) in [5, 5.41) is 5.02. The lowest BCUT2D eigenvalue weighted by Crippen LogP contribution is -2.16. The van der Waals surface area contributed by atoms with Gasteiger partial charge in [-0.1, -0.05) is 23.7 Å². The largest absolute Gasteiger partial charge is 0.458 e. The van der Waals surface area contributed by atoms with E-state index in [-0.39, 0.29) is 6.04 Å². The Balaban J connectivity index is 2.31. The van der Waals surface area contributed by atoms with Crippen LogP contribution in [0.25, 0.3) is 11.0 Å². The maximum atomic E-state index is 6.10. The maximum Gasteiger partial charge on any atom is 0.152 e. The van der Waals surface area contributed by atoms with Crippen molar-refractivity contribution in [3.8, 4) is 0 Å². The van der Waals surface area contributed by atoms with Crippen molar-refractivity contribution in [1.82, 2.24) is 5.32 Å². The van der Waals surface area contributed by atoms with Crippen molar-refractivity contribution in [2.24, 2.45) is 0 Å². The molecule has 0 aliphatic carbocycles. The van der Waals surface area contributed by atoms with Crippen molar-refractivity contribution in [2.75, 3.05) is 19.1 Å². The number of furan rings is 1. The smallest absolute Gasteiger partial charge is 0.152 e. The number of thioether (sulfide) groups is 1. The Bertz CT molecular complexity index is 497. The number of hydrogen-bond acceptors (Lipinski definition) is 3. The zero-order chi connectivity index (χ0) is 12.3. The van der Waals surface area contributed by atoms with Gasteiger partial charge in [-0.25, -0.2) is 0 Å². The van der Waals surface area contributed by atoms with Gasteiger partial charge in [0.1, 0.15) is 5.76 Å². The van der Waals surface area contributed by atoms with Crippen LogP contribution in [0.2, 0.25) is 5.02 Å². The van der Waals surface area contributed by atoms with Crippen molar-refractivity contribution in [1.29, 1.82) is 0 Å². The average Bonchev–Trinajstić information content (AvgIpc) is 2.75. The van der Waals surface area contributed by atoms with Gasteiger partial charge >= 0.3 is 0 Å². The van der Waals surface area contributed by atoms with E-state index in [1.165, 1.54) is 0 Å². The standard InChI is InChI=1S/C13H16ClNOS/c1-15-11(6-7-17-2)12-8-9-4-3-5-10(14)13(9)16-12/h3-5,8,11,15H,6-7H2,1-2H3. The van der Waals surface area contributed by atoms with E-state index in [2.05, 4.69) is 17.6 Å². The molecule has 0 saturated carbocycles. The van der Waals surface area contributed by atoms with Crippen molar-refractivity contribution < 1.29 is 4.42 Å². The fourth-order valence-electron chi connectivity index (χ4n) is 1.88. The van der Waals surface area contributed by atoms with Crippen LogP contribution in [0.15, 0.2) is 28.7 Å². The second kappa shape index (κ2) is 5.80. The molecule has 1 aromatic carbocycles. The summed E-state index contributed by atoms with van der Waals surface area (Å²) in [7, 11) is 1.96. The molecule has 0 aliphatic heterocycles. The van der Waals surface area contributed by atoms with Crippen LogP contribution in [0.3, 0.4) is 0 Å². The number of rotatable bonds is 5. The molecule has 1 heterocycles. The number of fused-ring (bicyclic) bond motifs is 1. The summed E-state index contributed by atoms with van der Waals surface area (Å²) < 4.78 is 5.85. The lowest BCUT2D eigenvalue weighted by atomic mass is 10.1. The molecular formula is C13H16ClNOS. The highest BCUT2D eigenvalue weighted by Gasteiger charge is 2.15. The van der Waals surface area contributed by atoms with Gasteiger partial charge in [-0.05, 0) is 37.6 Å². The van der Waals surface area contributed by atoms with E-state index >= 15 is 0 Å². The molecule has 0 spiro atoms. The molecule has 0 fully saturated rings. The molecule has 1 atom stereocenters. The first-order valence-corrected chi connectivity index (χ1v) is 7.37. The van der Waals surface area contributed by atoms with E-state index in [0.717, 1.165) is 28.9 Å². The summed E-state index contributed by atoms with van der Waals surface area (Å²) in [6, 6.07) is 8.15. The molecular weight excluding hydrogens is 254 g/mol. The number of hydrogen-bond donors (Lipinski definition) is 1. The molecule has 0 aliphatic rings. The predicted molar refractivity (Wildman–Crippen MR) is 76.0 cm³/mol. The predicted octanol–water partition coefficient (Wildman–Crippen LogP) is 4.10. The molecule has 4 heteroatoms. The third-order valence-corrected chi connectivity index (χ3v) is 3.76. The minimum atomic E-state index is 0.255. The average molecular weight is 270 g/mol. The zero-order valence-corrected chi connectivity index (χ0v) is 11.6. The summed E-state index contributed by atoms with van der Waals surface area (Å²) in [6.45, 7) is 0. The van der Waals surface area contributed by atoms with E-state index in [1.807, 2.05) is 37.0 Å². The van der Waals surface area contributed by atoms with Crippen molar-refractivity contribution in [3.63, 3.8) is 0 Å². The summed E-state index contributed by atoms with van der Waals surface area (Å²) in [5.41, 5.74) is 0.786. The molecule has 0 radical (unpaired) electrons. The van der Waals surface area contributed by atoms with Crippen LogP contribution in [-0.4, -0.2) is 19.1 Å². The second-order valence-corrected chi connectivity index (χ2v) is 5.32. The molecule has 2 rings (SSSR count). The van der Waals surface area contributed by atoms with Crippen LogP contribution in [0, 0.1) is 0 Å². The highest BCUT2D eigenvalue weighted by molar-refractivity contribution is 7.98. The molecule has 17 heavy (non-hydrogen) atoms. The van der Waals surface area contributed by atoms with Gasteiger partial charge in [-0.2, -0.15) is 11.8 Å². The Labute approximate surface area is 111 Å². The molecule has 0 saturated heterocycles. The summed E-state index contributed by atoms with van der Waals surface area (Å²) >= 11 is 7.95. The normalized spacial score (nSPS) is 13.1. The molecule has 1 aromatic heterocycles. The van der Waals surface area contributed by atoms with Crippen molar-refractivity contribution in [3.05, 3.63) is 35.0 Å². The van der Waals surface area contributed by atoms with Gasteiger partial charge in [0.25, 0.3) is 0 Å². The van der Waals surface area contributed by atoms with Crippen LogP contribution in [0.1, 0.15) is 18.2 Å². The quantitative estimate of drug-likeness (QED) is 0.885. The van der Waals surface area contributed by atoms with Gasteiger partial charge in [0.05, 0.1) is 11.1 Å². The highest BCUT2D eigenvalue weighted by atomic mass is 35.5. The Hall–Kier alpha value is -0.640. The molecule has 0 amide bonds. The summed E-state index contributed by atoms with van der Waals surface area (Å²) in [5.74, 6) is 2.07. The van der Waals surface area contributed by atoms with Crippen molar-refractivity contribution >= 4 is 34.3 Å². The number of benzene rings is 1. The first-order chi connectivity index (χ1) is 8.26. The Morgan fingerprint density at radius 3 is 2.94 bits per heavy atom. The molecule has 2 aromatic rings. The van der Waals surface area contributed by atoms with E-state index in [0.29, 0.717) is 5.02 Å². The van der Waals surface area contributed by atoms with E-state index in [9.17, 15) is 0 Å². The first kappa shape index (κ1) is 12.8. The van der Waals surface area contributed by atoms with Gasteiger partial charge in [0.2, 0.25) is 0 Å². The fourth-order valence-corrected chi connectivity index (χ4v) is 2.58. The fraction of sp³-hybridized carbons (Fsp3) is 0.385. The van der Waals surface area contributed by atoms with Gasteiger partial charge < -0.3 is 9.73 Å². The van der Waals surface area contributed by atoms with Gasteiger partial charge in [0.15, 0.2) is 5.58 Å². The number of nitrogens with one attached hydrogen (secondary N) is 1. The molecule has 2 nitrogen and oxygen atoms in total. The second-order valence-electron chi connectivity index (χ2n) is 3.93. The van der Waals surface area contributed by atoms with Crippen LogP contribution in [-0.2, 0) is 0 Å². The van der Waals surface area contributed by atoms with E-state index in [4.69, 9.17) is 16.0 Å². The minimum absolute atomic E-state index is 0.255. The van der Waals surface area contributed by atoms with E-state index < -0.39 is 0 Å². The first-order valence-electron chi connectivity index (χ1n) is 5.60. The third-order valence-electron chi connectivity index (χ3n) is 2.82. The molecule has 92 valence electrons. The van der Waals surface area contributed by atoms with Crippen molar-refractivity contribution in [2.45, 2.75) is 12.5 Å². The van der Waals surface area contributed by atoms with Crippen LogP contribution in [0.4, 0.5) is 0 Å². The monoisotopic (exact) mass is 269 g/mol. The van der Waals surface area contributed by atoms with E-state index in [1.54, 1.807) is 0 Å². The maximum absolute atomic E-state index is 6.10. The van der Waals surface area contributed by atoms with Gasteiger partial charge in [0, 0.05) is 5.39 Å². The molecule has 1 unspecified atom stereocenters. The summed E-state index contributed by atoms with van der Waals surface area (Å²) in [4.78, 5) is 0. The highest BCUT2D eigenvalue weighted by Crippen LogP contribution is 2.30. The Morgan fingerprint density at radius 2 is 2.29 bits per heavy atom. The van der Waals surface area contributed by atoms with Crippen LogP contribution >= 0.6 is 23.4 Å². The van der Waals surface area contributed by atoms with Crippen LogP contribution < -0.4 is 5.32 Å². The topological polar surface area (TPSA) is 25.2 Å². The molecule has 0 bridgehead atoms. The SMILES string of the molecule is CNC(CCSC)c1cc2cccc(Cl)c2o1. The Kier molecular flexibility index (Phi) is 4.37. The minimum Gasteiger partial charge on any atom is -0.458 e. The summed E-state index contributed by atoms with van der Waals surface area (Å²) in [6.07, 6.45) is 3.16. The zero-order valence-electron chi connectivity index (χ0n) is 10.00. The molecule has 1 N–H and O–H groups in total.